The molecule has 3 rings (SSSR count). The van der Waals surface area contributed by atoms with Crippen LogP contribution in [0.3, 0.4) is 0 Å². The van der Waals surface area contributed by atoms with Crippen LogP contribution in [0.1, 0.15) is 38.7 Å². The summed E-state index contributed by atoms with van der Waals surface area (Å²) in [6.07, 6.45) is 2.54. The molecule has 2 heterocycles. The van der Waals surface area contributed by atoms with E-state index in [1.807, 2.05) is 24.3 Å². The summed E-state index contributed by atoms with van der Waals surface area (Å²) in [5.74, 6) is 1.34. The van der Waals surface area contributed by atoms with Gasteiger partial charge in [-0.15, -0.1) is 24.0 Å². The molecule has 0 bridgehead atoms. The quantitative estimate of drug-likeness (QED) is 0.240. The number of morpholine rings is 1. The van der Waals surface area contributed by atoms with Crippen molar-refractivity contribution in [2.24, 2.45) is 10.9 Å². The molecule has 0 aliphatic carbocycles. The number of hydrogen-bond acceptors (Lipinski definition) is 5. The highest BCUT2D eigenvalue weighted by Gasteiger charge is 2.24. The average Bonchev–Trinajstić information content (AvgIpc) is 3.34. The second-order valence-electron chi connectivity index (χ2n) is 8.93. The third kappa shape index (κ3) is 9.38. The molecule has 33 heavy (non-hydrogen) atoms. The number of ether oxygens (including phenoxy) is 2. The number of aliphatic imine (C=N–C) groups is 1. The Morgan fingerprint density at radius 2 is 2.00 bits per heavy atom. The molecule has 0 spiro atoms. The lowest BCUT2D eigenvalue weighted by molar-refractivity contribution is -0.124. The smallest absolute Gasteiger partial charge is 0.253 e. The molecule has 1 amide bonds. The number of nitrogens with one attached hydrogen (secondary N) is 3. The van der Waals surface area contributed by atoms with E-state index in [2.05, 4.69) is 39.7 Å². The van der Waals surface area contributed by atoms with Gasteiger partial charge in [-0.05, 0) is 42.9 Å². The lowest BCUT2D eigenvalue weighted by Gasteiger charge is -2.35. The molecule has 0 saturated carbocycles. The fraction of sp³-hybridized carbons (Fsp3) is 0.667. The number of hydrogen-bond donors (Lipinski definition) is 3. The zero-order valence-corrected chi connectivity index (χ0v) is 22.5. The highest BCUT2D eigenvalue weighted by Crippen LogP contribution is 2.16. The number of amides is 1. The zero-order chi connectivity index (χ0) is 22.8. The van der Waals surface area contributed by atoms with Gasteiger partial charge in [-0.3, -0.25) is 14.7 Å². The highest BCUT2D eigenvalue weighted by atomic mass is 127. The Morgan fingerprint density at radius 3 is 2.67 bits per heavy atom. The van der Waals surface area contributed by atoms with Crippen LogP contribution in [0, 0.1) is 5.92 Å². The molecule has 2 fully saturated rings. The first kappa shape index (κ1) is 27.8. The molecule has 3 N–H and O–H groups in total. The van der Waals surface area contributed by atoms with Crippen molar-refractivity contribution in [2.75, 3.05) is 51.8 Å². The van der Waals surface area contributed by atoms with Gasteiger partial charge in [0.25, 0.3) is 5.91 Å². The highest BCUT2D eigenvalue weighted by molar-refractivity contribution is 14.0. The van der Waals surface area contributed by atoms with Crippen molar-refractivity contribution in [3.63, 3.8) is 0 Å². The van der Waals surface area contributed by atoms with Crippen LogP contribution in [0.5, 0.6) is 0 Å². The van der Waals surface area contributed by atoms with Gasteiger partial charge in [0.1, 0.15) is 6.10 Å². The monoisotopic (exact) mass is 573 g/mol. The minimum absolute atomic E-state index is 0. The predicted molar refractivity (Wildman–Crippen MR) is 143 cm³/mol. The third-order valence-corrected chi connectivity index (χ3v) is 5.91. The van der Waals surface area contributed by atoms with Gasteiger partial charge in [-0.25, -0.2) is 0 Å². The molecular weight excluding hydrogens is 533 g/mol. The molecule has 1 aromatic rings. The van der Waals surface area contributed by atoms with Gasteiger partial charge in [-0.2, -0.15) is 0 Å². The van der Waals surface area contributed by atoms with Crippen LogP contribution < -0.4 is 16.0 Å². The number of guanidine groups is 1. The van der Waals surface area contributed by atoms with Crippen LogP contribution in [0.25, 0.3) is 0 Å². The van der Waals surface area contributed by atoms with E-state index in [0.717, 1.165) is 69.3 Å². The van der Waals surface area contributed by atoms with E-state index in [4.69, 9.17) is 9.47 Å². The van der Waals surface area contributed by atoms with E-state index >= 15 is 0 Å². The van der Waals surface area contributed by atoms with Gasteiger partial charge in [-0.1, -0.05) is 26.0 Å². The normalized spacial score (nSPS) is 20.2. The van der Waals surface area contributed by atoms with E-state index in [1.54, 1.807) is 7.05 Å². The molecular formula is C24H40IN5O3. The minimum Gasteiger partial charge on any atom is -0.379 e. The number of anilines is 1. The standard InChI is InChI=1S/C24H39N5O3.HI/c1-18(2)14-21(29-9-12-31-13-10-29)17-27-24(25-3)26-16-19-6-4-7-20(15-19)28-23(30)22-8-5-11-32-22;/h4,6-7,15,18,21-22H,5,8-14,16-17H2,1-3H3,(H,28,30)(H2,25,26,27);1H. The number of rotatable bonds is 9. The van der Waals surface area contributed by atoms with Crippen LogP contribution in [-0.4, -0.2) is 75.4 Å². The molecule has 2 aliphatic rings. The van der Waals surface area contributed by atoms with Crippen molar-refractivity contribution >= 4 is 41.5 Å². The first-order valence-corrected chi connectivity index (χ1v) is 11.8. The maximum atomic E-state index is 12.3. The maximum Gasteiger partial charge on any atom is 0.253 e. The third-order valence-electron chi connectivity index (χ3n) is 5.91. The molecule has 0 aromatic heterocycles. The van der Waals surface area contributed by atoms with Gasteiger partial charge >= 0.3 is 0 Å². The molecule has 2 unspecified atom stereocenters. The van der Waals surface area contributed by atoms with E-state index in [9.17, 15) is 4.79 Å². The average molecular weight is 574 g/mol. The van der Waals surface area contributed by atoms with E-state index in [0.29, 0.717) is 25.1 Å². The lowest BCUT2D eigenvalue weighted by Crippen LogP contribution is -2.50. The molecule has 2 atom stereocenters. The largest absolute Gasteiger partial charge is 0.379 e. The van der Waals surface area contributed by atoms with E-state index in [1.165, 1.54) is 0 Å². The van der Waals surface area contributed by atoms with Crippen LogP contribution in [0.4, 0.5) is 5.69 Å². The Labute approximate surface area is 215 Å². The van der Waals surface area contributed by atoms with Gasteiger partial charge in [0.05, 0.1) is 13.2 Å². The van der Waals surface area contributed by atoms with Crippen molar-refractivity contribution in [1.29, 1.82) is 0 Å². The van der Waals surface area contributed by atoms with Gasteiger partial charge in [0, 0.05) is 51.6 Å². The fourth-order valence-electron chi connectivity index (χ4n) is 4.24. The van der Waals surface area contributed by atoms with E-state index < -0.39 is 0 Å². The second-order valence-corrected chi connectivity index (χ2v) is 8.93. The Balaban J connectivity index is 0.00000385. The number of carbonyl (C=O) groups is 1. The summed E-state index contributed by atoms with van der Waals surface area (Å²) in [4.78, 5) is 19.2. The Kier molecular flexibility index (Phi) is 12.4. The van der Waals surface area contributed by atoms with Crippen molar-refractivity contribution < 1.29 is 14.3 Å². The first-order valence-electron chi connectivity index (χ1n) is 11.8. The van der Waals surface area contributed by atoms with Crippen molar-refractivity contribution in [1.82, 2.24) is 15.5 Å². The van der Waals surface area contributed by atoms with Gasteiger partial charge < -0.3 is 25.4 Å². The molecule has 9 heteroatoms. The molecule has 0 radical (unpaired) electrons. The predicted octanol–water partition coefficient (Wildman–Crippen LogP) is 2.83. The minimum atomic E-state index is -0.329. The molecule has 1 aromatic carbocycles. The number of carbonyl (C=O) groups excluding carboxylic acids is 1. The zero-order valence-electron chi connectivity index (χ0n) is 20.1. The van der Waals surface area contributed by atoms with Crippen LogP contribution in [0.2, 0.25) is 0 Å². The summed E-state index contributed by atoms with van der Waals surface area (Å²) in [5, 5.41) is 9.85. The number of halogens is 1. The van der Waals surface area contributed by atoms with Crippen LogP contribution >= 0.6 is 24.0 Å². The summed E-state index contributed by atoms with van der Waals surface area (Å²) < 4.78 is 11.0. The number of nitrogens with zero attached hydrogens (tertiary/aromatic N) is 2. The summed E-state index contributed by atoms with van der Waals surface area (Å²) in [5.41, 5.74) is 1.86. The summed E-state index contributed by atoms with van der Waals surface area (Å²) in [6.45, 7) is 10.2. The van der Waals surface area contributed by atoms with Crippen molar-refractivity contribution in [2.45, 2.75) is 51.8 Å². The molecule has 2 saturated heterocycles. The Bertz CT molecular complexity index is 749. The summed E-state index contributed by atoms with van der Waals surface area (Å²) in [6, 6.07) is 8.34. The topological polar surface area (TPSA) is 87.2 Å². The first-order chi connectivity index (χ1) is 15.5. The Morgan fingerprint density at radius 1 is 1.21 bits per heavy atom. The maximum absolute atomic E-state index is 12.3. The molecule has 2 aliphatic heterocycles. The van der Waals surface area contributed by atoms with Gasteiger partial charge in [0.2, 0.25) is 0 Å². The summed E-state index contributed by atoms with van der Waals surface area (Å²) in [7, 11) is 1.79. The number of benzene rings is 1. The SMILES string of the molecule is CN=C(NCc1cccc(NC(=O)C2CCCO2)c1)NCC(CC(C)C)N1CCOCC1.I. The van der Waals surface area contributed by atoms with E-state index in [-0.39, 0.29) is 36.0 Å². The Hall–Kier alpha value is -1.43. The lowest BCUT2D eigenvalue weighted by atomic mass is 10.0. The second kappa shape index (κ2) is 14.7. The van der Waals surface area contributed by atoms with Crippen LogP contribution in [0.15, 0.2) is 29.3 Å². The fourth-order valence-corrected chi connectivity index (χ4v) is 4.24. The molecule has 8 nitrogen and oxygen atoms in total. The van der Waals surface area contributed by atoms with Crippen molar-refractivity contribution in [3.05, 3.63) is 29.8 Å². The molecule has 186 valence electrons. The van der Waals surface area contributed by atoms with Gasteiger partial charge in [0.15, 0.2) is 5.96 Å². The summed E-state index contributed by atoms with van der Waals surface area (Å²) >= 11 is 0. The van der Waals surface area contributed by atoms with Crippen LogP contribution in [-0.2, 0) is 20.8 Å². The van der Waals surface area contributed by atoms with Crippen molar-refractivity contribution in [3.8, 4) is 0 Å².